The van der Waals surface area contributed by atoms with Crippen LogP contribution < -0.4 is 10.1 Å². The molecule has 1 aromatic rings. The number of nitrogens with zero attached hydrogens (tertiary/aromatic N) is 1. The first-order valence-electron chi connectivity index (χ1n) is 9.39. The summed E-state index contributed by atoms with van der Waals surface area (Å²) in [6.45, 7) is 8.99. The molecular formula is C20H30N2O5S. The fourth-order valence-corrected chi connectivity index (χ4v) is 3.67. The Labute approximate surface area is 171 Å². The topological polar surface area (TPSA) is 77.1 Å². The third kappa shape index (κ3) is 7.59. The summed E-state index contributed by atoms with van der Waals surface area (Å²) in [5.41, 5.74) is -0.0618. The van der Waals surface area contributed by atoms with E-state index < -0.39 is 23.7 Å². The number of ether oxygens (including phenoxy) is 3. The van der Waals surface area contributed by atoms with Gasteiger partial charge in [-0.25, -0.2) is 9.59 Å². The predicted molar refractivity (Wildman–Crippen MR) is 110 cm³/mol. The maximum Gasteiger partial charge on any atom is 0.408 e. The first-order chi connectivity index (χ1) is 13.3. The van der Waals surface area contributed by atoms with Crippen molar-refractivity contribution in [3.05, 3.63) is 29.8 Å². The van der Waals surface area contributed by atoms with Gasteiger partial charge >= 0.3 is 12.1 Å². The van der Waals surface area contributed by atoms with Crippen LogP contribution in [0.2, 0.25) is 0 Å². The molecule has 1 aromatic carbocycles. The van der Waals surface area contributed by atoms with Gasteiger partial charge in [0, 0.05) is 31.1 Å². The summed E-state index contributed by atoms with van der Waals surface area (Å²) < 4.78 is 15.8. The normalized spacial score (nSPS) is 16.1. The van der Waals surface area contributed by atoms with Crippen LogP contribution in [0.1, 0.15) is 32.4 Å². The molecule has 1 N–H and O–H groups in total. The summed E-state index contributed by atoms with van der Waals surface area (Å²) >= 11 is 1.98. The minimum Gasteiger partial charge on any atom is -0.492 e. The summed E-state index contributed by atoms with van der Waals surface area (Å²) in [5.74, 6) is 2.50. The highest BCUT2D eigenvalue weighted by molar-refractivity contribution is 7.99. The van der Waals surface area contributed by atoms with Crippen LogP contribution in [0.3, 0.4) is 0 Å². The summed E-state index contributed by atoms with van der Waals surface area (Å²) in [5, 5.41) is 2.56. The molecule has 1 fully saturated rings. The van der Waals surface area contributed by atoms with Gasteiger partial charge in [-0.2, -0.15) is 11.8 Å². The molecule has 0 aliphatic carbocycles. The molecule has 28 heavy (non-hydrogen) atoms. The molecule has 156 valence electrons. The second-order valence-corrected chi connectivity index (χ2v) is 8.70. The van der Waals surface area contributed by atoms with Crippen molar-refractivity contribution in [3.63, 3.8) is 0 Å². The maximum atomic E-state index is 12.1. The Morgan fingerprint density at radius 1 is 1.18 bits per heavy atom. The minimum absolute atomic E-state index is 0.567. The van der Waals surface area contributed by atoms with Crippen LogP contribution in [0.25, 0.3) is 0 Å². The molecule has 2 rings (SSSR count). The highest BCUT2D eigenvalue weighted by Gasteiger charge is 2.26. The standard InChI is InChI=1S/C20H30N2O5S/c1-20(2,3)27-19(24)21-17(18(23)25-4)15-5-7-16(8-6-15)26-12-9-22-10-13-28-14-11-22/h5-8,17H,9-14H2,1-4H3,(H,21,24)/t17-/m0/s1. The molecule has 0 radical (unpaired) electrons. The van der Waals surface area contributed by atoms with E-state index in [0.29, 0.717) is 12.2 Å². The zero-order chi connectivity index (χ0) is 20.6. The van der Waals surface area contributed by atoms with Gasteiger partial charge in [0.1, 0.15) is 18.0 Å². The second-order valence-electron chi connectivity index (χ2n) is 7.47. The van der Waals surface area contributed by atoms with Gasteiger partial charge in [0.25, 0.3) is 0 Å². The van der Waals surface area contributed by atoms with Gasteiger partial charge in [0.05, 0.1) is 7.11 Å². The van der Waals surface area contributed by atoms with Gasteiger partial charge in [-0.05, 0) is 38.5 Å². The van der Waals surface area contributed by atoms with Crippen molar-refractivity contribution in [2.75, 3.05) is 44.9 Å². The van der Waals surface area contributed by atoms with Crippen molar-refractivity contribution in [2.24, 2.45) is 0 Å². The lowest BCUT2D eigenvalue weighted by Gasteiger charge is -2.25. The summed E-state index contributed by atoms with van der Waals surface area (Å²) in [6, 6.07) is 6.11. The lowest BCUT2D eigenvalue weighted by atomic mass is 10.1. The number of alkyl carbamates (subject to hydrolysis) is 1. The fraction of sp³-hybridized carbons (Fsp3) is 0.600. The number of hydrogen-bond donors (Lipinski definition) is 1. The Kier molecular flexibility index (Phi) is 8.44. The smallest absolute Gasteiger partial charge is 0.408 e. The van der Waals surface area contributed by atoms with Crippen molar-refractivity contribution in [3.8, 4) is 5.75 Å². The van der Waals surface area contributed by atoms with E-state index in [-0.39, 0.29) is 0 Å². The molecule has 0 aromatic heterocycles. The van der Waals surface area contributed by atoms with Crippen LogP contribution >= 0.6 is 11.8 Å². The Hall–Kier alpha value is -1.93. The van der Waals surface area contributed by atoms with Crippen LogP contribution in [0.4, 0.5) is 4.79 Å². The van der Waals surface area contributed by atoms with Crippen LogP contribution in [0, 0.1) is 0 Å². The SMILES string of the molecule is COC(=O)[C@@H](NC(=O)OC(C)(C)C)c1ccc(OCCN2CCSCC2)cc1. The first-order valence-corrected chi connectivity index (χ1v) is 10.5. The zero-order valence-electron chi connectivity index (χ0n) is 17.0. The molecule has 1 aliphatic rings. The lowest BCUT2D eigenvalue weighted by molar-refractivity contribution is -0.143. The molecule has 0 saturated carbocycles. The molecule has 0 unspecified atom stereocenters. The number of carbonyl (C=O) groups excluding carboxylic acids is 2. The summed E-state index contributed by atoms with van der Waals surface area (Å²) in [6.07, 6.45) is -0.678. The van der Waals surface area contributed by atoms with E-state index in [2.05, 4.69) is 10.2 Å². The molecule has 1 saturated heterocycles. The average molecular weight is 411 g/mol. The molecule has 7 nitrogen and oxygen atoms in total. The number of carbonyl (C=O) groups is 2. The van der Waals surface area contributed by atoms with E-state index in [4.69, 9.17) is 14.2 Å². The van der Waals surface area contributed by atoms with Crippen LogP contribution in [0.5, 0.6) is 5.75 Å². The number of rotatable bonds is 7. The van der Waals surface area contributed by atoms with Crippen LogP contribution in [0.15, 0.2) is 24.3 Å². The van der Waals surface area contributed by atoms with Gasteiger partial charge in [-0.3, -0.25) is 4.90 Å². The molecule has 1 amide bonds. The number of nitrogens with one attached hydrogen (secondary N) is 1. The number of methoxy groups -OCH3 is 1. The first kappa shape index (κ1) is 22.4. The Balaban J connectivity index is 1.92. The van der Waals surface area contributed by atoms with Gasteiger partial charge < -0.3 is 19.5 Å². The summed E-state index contributed by atoms with van der Waals surface area (Å²) in [4.78, 5) is 26.6. The largest absolute Gasteiger partial charge is 0.492 e. The number of hydrogen-bond acceptors (Lipinski definition) is 7. The van der Waals surface area contributed by atoms with Gasteiger partial charge in [-0.1, -0.05) is 12.1 Å². The molecular weight excluding hydrogens is 380 g/mol. The quantitative estimate of drug-likeness (QED) is 0.693. The van der Waals surface area contributed by atoms with E-state index in [0.717, 1.165) is 25.4 Å². The number of esters is 1. The van der Waals surface area contributed by atoms with Crippen molar-refractivity contribution in [1.82, 2.24) is 10.2 Å². The third-order valence-corrected chi connectivity index (χ3v) is 5.03. The van der Waals surface area contributed by atoms with Gasteiger partial charge in [0.15, 0.2) is 6.04 Å². The lowest BCUT2D eigenvalue weighted by Crippen LogP contribution is -2.38. The summed E-state index contributed by atoms with van der Waals surface area (Å²) in [7, 11) is 1.28. The maximum absolute atomic E-state index is 12.1. The van der Waals surface area contributed by atoms with Crippen molar-refractivity contribution < 1.29 is 23.8 Å². The fourth-order valence-electron chi connectivity index (χ4n) is 2.70. The Morgan fingerprint density at radius 2 is 1.82 bits per heavy atom. The van der Waals surface area contributed by atoms with Crippen LogP contribution in [-0.2, 0) is 14.3 Å². The monoisotopic (exact) mass is 410 g/mol. The van der Waals surface area contributed by atoms with E-state index in [1.54, 1.807) is 45.0 Å². The highest BCUT2D eigenvalue weighted by atomic mass is 32.2. The molecule has 1 heterocycles. The third-order valence-electron chi connectivity index (χ3n) is 4.09. The molecule has 0 bridgehead atoms. The van der Waals surface area contributed by atoms with Crippen molar-refractivity contribution in [1.29, 1.82) is 0 Å². The second kappa shape index (κ2) is 10.6. The molecule has 0 spiro atoms. The van der Waals surface area contributed by atoms with Gasteiger partial charge in [0.2, 0.25) is 0 Å². The van der Waals surface area contributed by atoms with Crippen molar-refractivity contribution >= 4 is 23.8 Å². The Morgan fingerprint density at radius 3 is 2.39 bits per heavy atom. The van der Waals surface area contributed by atoms with E-state index in [1.165, 1.54) is 18.6 Å². The highest BCUT2D eigenvalue weighted by Crippen LogP contribution is 2.20. The molecule has 1 atom stereocenters. The zero-order valence-corrected chi connectivity index (χ0v) is 17.8. The van der Waals surface area contributed by atoms with Gasteiger partial charge in [-0.15, -0.1) is 0 Å². The number of amides is 1. The van der Waals surface area contributed by atoms with E-state index in [1.807, 2.05) is 11.8 Å². The molecule has 1 aliphatic heterocycles. The predicted octanol–water partition coefficient (Wildman–Crippen LogP) is 2.85. The number of thioether (sulfide) groups is 1. The number of benzene rings is 1. The minimum atomic E-state index is -0.945. The molecule has 8 heteroatoms. The van der Waals surface area contributed by atoms with E-state index in [9.17, 15) is 9.59 Å². The van der Waals surface area contributed by atoms with Crippen LogP contribution in [-0.4, -0.2) is 67.4 Å². The van der Waals surface area contributed by atoms with E-state index >= 15 is 0 Å². The van der Waals surface area contributed by atoms with Crippen molar-refractivity contribution in [2.45, 2.75) is 32.4 Å². The average Bonchev–Trinajstić information content (AvgIpc) is 2.66. The Bertz CT molecular complexity index is 639.